The van der Waals surface area contributed by atoms with Gasteiger partial charge >= 0.3 is 0 Å². The van der Waals surface area contributed by atoms with E-state index in [1.165, 1.54) is 12.8 Å². The van der Waals surface area contributed by atoms with E-state index >= 15 is 0 Å². The van der Waals surface area contributed by atoms with Crippen LogP contribution < -0.4 is 4.74 Å². The van der Waals surface area contributed by atoms with Crippen molar-refractivity contribution in [3.63, 3.8) is 0 Å². The van der Waals surface area contributed by atoms with Gasteiger partial charge in [-0.2, -0.15) is 0 Å². The molecule has 0 heterocycles. The van der Waals surface area contributed by atoms with Gasteiger partial charge in [0, 0.05) is 19.8 Å². The fraction of sp³-hybridized carbons (Fsp3) is 0.435. The molecule has 6 heteroatoms. The Morgan fingerprint density at radius 2 is 1.97 bits per heavy atom. The Labute approximate surface area is 175 Å². The standard InChI is InChI=1S/C23H31N3O2S/c1-6-26(4)16-24-22-12-18(3)23(13-17(22)2)28-20-8-7-9-21(14-20)29(5,27)25-15-19-10-11-19/h7-9,12-14,16,19H,6,10-11,15H2,1-5H3. The van der Waals surface area contributed by atoms with Crippen molar-refractivity contribution in [3.05, 3.63) is 47.5 Å². The van der Waals surface area contributed by atoms with Gasteiger partial charge in [0.25, 0.3) is 0 Å². The zero-order valence-electron chi connectivity index (χ0n) is 18.0. The van der Waals surface area contributed by atoms with Crippen LogP contribution in [0.5, 0.6) is 11.5 Å². The van der Waals surface area contributed by atoms with E-state index in [1.807, 2.05) is 68.5 Å². The van der Waals surface area contributed by atoms with Gasteiger partial charge in [-0.05, 0) is 81.0 Å². The van der Waals surface area contributed by atoms with Gasteiger partial charge in [-0.3, -0.25) is 0 Å². The molecule has 0 N–H and O–H groups in total. The van der Waals surface area contributed by atoms with Gasteiger partial charge in [-0.15, -0.1) is 0 Å². The Hall–Kier alpha value is -2.34. The zero-order chi connectivity index (χ0) is 21.0. The van der Waals surface area contributed by atoms with Crippen LogP contribution in [0, 0.1) is 19.8 Å². The van der Waals surface area contributed by atoms with Gasteiger partial charge in [0.15, 0.2) is 0 Å². The molecule has 1 fully saturated rings. The minimum Gasteiger partial charge on any atom is -0.457 e. The van der Waals surface area contributed by atoms with Crippen molar-refractivity contribution < 1.29 is 8.95 Å². The molecule has 1 unspecified atom stereocenters. The van der Waals surface area contributed by atoms with Gasteiger partial charge in [-0.1, -0.05) is 6.07 Å². The molecule has 156 valence electrons. The number of rotatable bonds is 8. The van der Waals surface area contributed by atoms with Crippen LogP contribution in [0.25, 0.3) is 0 Å². The first-order valence-electron chi connectivity index (χ1n) is 10.1. The van der Waals surface area contributed by atoms with E-state index in [0.29, 0.717) is 23.1 Å². The number of ether oxygens (including phenoxy) is 1. The summed E-state index contributed by atoms with van der Waals surface area (Å²) in [5, 5.41) is 0. The fourth-order valence-corrected chi connectivity index (χ4v) is 4.10. The number of hydrogen-bond donors (Lipinski definition) is 0. The molecule has 1 atom stereocenters. The van der Waals surface area contributed by atoms with Gasteiger partial charge in [0.05, 0.1) is 33.2 Å². The van der Waals surface area contributed by atoms with E-state index < -0.39 is 9.73 Å². The SMILES string of the molecule is CCN(C)C=Nc1cc(C)c(Oc2cccc(S(C)(=O)=NCC3CC3)c2)cc1C. The van der Waals surface area contributed by atoms with Crippen LogP contribution >= 0.6 is 0 Å². The Bertz CT molecular complexity index is 1020. The second kappa shape index (κ2) is 8.99. The third-order valence-electron chi connectivity index (χ3n) is 5.13. The maximum absolute atomic E-state index is 13.0. The summed E-state index contributed by atoms with van der Waals surface area (Å²) in [5.74, 6) is 2.07. The van der Waals surface area contributed by atoms with Gasteiger partial charge in [-0.25, -0.2) is 13.6 Å². The van der Waals surface area contributed by atoms with Crippen LogP contribution in [0.3, 0.4) is 0 Å². The Balaban J connectivity index is 1.81. The Morgan fingerprint density at radius 3 is 2.66 bits per heavy atom. The molecule has 29 heavy (non-hydrogen) atoms. The summed E-state index contributed by atoms with van der Waals surface area (Å²) < 4.78 is 23.6. The molecule has 2 aromatic rings. The molecule has 0 radical (unpaired) electrons. The minimum atomic E-state index is -2.40. The number of benzene rings is 2. The number of hydrogen-bond acceptors (Lipinski definition) is 4. The first kappa shape index (κ1) is 21.4. The van der Waals surface area contributed by atoms with Crippen molar-refractivity contribution in [1.29, 1.82) is 0 Å². The Kier molecular flexibility index (Phi) is 6.63. The van der Waals surface area contributed by atoms with E-state index in [0.717, 1.165) is 29.1 Å². The van der Waals surface area contributed by atoms with Crippen molar-refractivity contribution in [1.82, 2.24) is 4.90 Å². The summed E-state index contributed by atoms with van der Waals surface area (Å²) in [5.41, 5.74) is 2.98. The van der Waals surface area contributed by atoms with Crippen molar-refractivity contribution in [2.75, 3.05) is 26.4 Å². The van der Waals surface area contributed by atoms with Gasteiger partial charge in [0.1, 0.15) is 11.5 Å². The fourth-order valence-electron chi connectivity index (χ4n) is 2.79. The van der Waals surface area contributed by atoms with Gasteiger partial charge in [0.2, 0.25) is 0 Å². The smallest absolute Gasteiger partial charge is 0.130 e. The molecule has 0 aliphatic heterocycles. The summed E-state index contributed by atoms with van der Waals surface area (Å²) in [7, 11) is -0.403. The first-order chi connectivity index (χ1) is 13.8. The number of aryl methyl sites for hydroxylation is 2. The normalized spacial score (nSPS) is 15.9. The molecule has 3 rings (SSSR count). The molecular weight excluding hydrogens is 382 g/mol. The molecule has 1 aliphatic rings. The molecular formula is C23H31N3O2S. The lowest BCUT2D eigenvalue weighted by molar-refractivity contribution is 0.477. The summed E-state index contributed by atoms with van der Waals surface area (Å²) in [4.78, 5) is 7.31. The van der Waals surface area contributed by atoms with Gasteiger partial charge < -0.3 is 9.64 Å². The summed E-state index contributed by atoms with van der Waals surface area (Å²) >= 11 is 0. The quantitative estimate of drug-likeness (QED) is 0.420. The van der Waals surface area contributed by atoms with E-state index in [-0.39, 0.29) is 0 Å². The molecule has 0 amide bonds. The second-order valence-corrected chi connectivity index (χ2v) is 10.2. The van der Waals surface area contributed by atoms with E-state index in [2.05, 4.69) is 16.3 Å². The highest BCUT2D eigenvalue weighted by Gasteiger charge is 2.21. The third-order valence-corrected chi connectivity index (χ3v) is 6.90. The summed E-state index contributed by atoms with van der Waals surface area (Å²) in [6.07, 6.45) is 5.96. The minimum absolute atomic E-state index is 0.624. The van der Waals surface area contributed by atoms with Crippen LogP contribution in [0.1, 0.15) is 30.9 Å². The molecule has 0 aromatic heterocycles. The van der Waals surface area contributed by atoms with Crippen molar-refractivity contribution in [2.45, 2.75) is 38.5 Å². The predicted molar refractivity (Wildman–Crippen MR) is 121 cm³/mol. The number of nitrogens with zero attached hydrogens (tertiary/aromatic N) is 3. The molecule has 0 saturated heterocycles. The highest BCUT2D eigenvalue weighted by molar-refractivity contribution is 7.93. The molecule has 1 aliphatic carbocycles. The van der Waals surface area contributed by atoms with Crippen LogP contribution in [-0.4, -0.2) is 41.8 Å². The summed E-state index contributed by atoms with van der Waals surface area (Å²) in [6, 6.07) is 11.5. The van der Waals surface area contributed by atoms with E-state index in [4.69, 9.17) is 4.74 Å². The van der Waals surface area contributed by atoms with Crippen LogP contribution in [0.2, 0.25) is 0 Å². The van der Waals surface area contributed by atoms with E-state index in [9.17, 15) is 4.21 Å². The third kappa shape index (κ3) is 5.82. The average molecular weight is 414 g/mol. The molecule has 0 spiro atoms. The van der Waals surface area contributed by atoms with Crippen LogP contribution in [0.4, 0.5) is 5.69 Å². The lowest BCUT2D eigenvalue weighted by Gasteiger charge is -2.13. The molecule has 5 nitrogen and oxygen atoms in total. The maximum Gasteiger partial charge on any atom is 0.130 e. The highest BCUT2D eigenvalue weighted by Crippen LogP contribution is 2.33. The number of aliphatic imine (C=N–C) groups is 1. The maximum atomic E-state index is 13.0. The first-order valence-corrected chi connectivity index (χ1v) is 12.0. The van der Waals surface area contributed by atoms with Crippen LogP contribution in [-0.2, 0) is 9.73 Å². The van der Waals surface area contributed by atoms with E-state index in [1.54, 1.807) is 6.26 Å². The van der Waals surface area contributed by atoms with Crippen molar-refractivity contribution in [3.8, 4) is 11.5 Å². The predicted octanol–water partition coefficient (Wildman–Crippen LogP) is 5.57. The second-order valence-electron chi connectivity index (χ2n) is 7.86. The summed E-state index contributed by atoms with van der Waals surface area (Å²) in [6.45, 7) is 7.72. The Morgan fingerprint density at radius 1 is 1.21 bits per heavy atom. The largest absolute Gasteiger partial charge is 0.457 e. The topological polar surface area (TPSA) is 54.3 Å². The van der Waals surface area contributed by atoms with Crippen molar-refractivity contribution in [2.24, 2.45) is 15.3 Å². The highest BCUT2D eigenvalue weighted by atomic mass is 32.2. The molecule has 0 bridgehead atoms. The molecule has 2 aromatic carbocycles. The monoisotopic (exact) mass is 413 g/mol. The lowest BCUT2D eigenvalue weighted by Crippen LogP contribution is -2.14. The molecule has 1 saturated carbocycles. The van der Waals surface area contributed by atoms with Crippen LogP contribution in [0.15, 0.2) is 50.6 Å². The lowest BCUT2D eigenvalue weighted by atomic mass is 10.1. The zero-order valence-corrected chi connectivity index (χ0v) is 18.8. The average Bonchev–Trinajstić information content (AvgIpc) is 3.52. The van der Waals surface area contributed by atoms with Crippen molar-refractivity contribution >= 4 is 21.8 Å².